The normalized spacial score (nSPS) is 10.3. The molecule has 174 valence electrons. The fraction of sp³-hybridized carbons (Fsp3) is 0.0370. The van der Waals surface area contributed by atoms with Crippen molar-refractivity contribution in [1.29, 1.82) is 0 Å². The SMILES string of the molecule is O=C(Nc1ccccc1C(=O)OCc1ccc(Oc2ccc([N+](=O)[O-])cc2)cc1)c1ccccc1. The van der Waals surface area contributed by atoms with Gasteiger partial charge in [0.2, 0.25) is 0 Å². The summed E-state index contributed by atoms with van der Waals surface area (Å²) in [6.45, 7) is 0.0254. The standard InChI is InChI=1S/C27H20N2O6/c30-26(20-6-2-1-3-7-20)28-25-9-5-4-8-24(25)27(31)34-18-19-10-14-22(15-11-19)35-23-16-12-21(13-17-23)29(32)33/h1-17H,18H2,(H,28,30). The van der Waals surface area contributed by atoms with Crippen LogP contribution in [0.4, 0.5) is 11.4 Å². The summed E-state index contributed by atoms with van der Waals surface area (Å²) in [6.07, 6.45) is 0. The van der Waals surface area contributed by atoms with Gasteiger partial charge in [-0.1, -0.05) is 42.5 Å². The van der Waals surface area contributed by atoms with Crippen molar-refractivity contribution in [3.63, 3.8) is 0 Å². The molecule has 0 radical (unpaired) electrons. The zero-order chi connectivity index (χ0) is 24.6. The Bertz CT molecular complexity index is 1340. The maximum atomic E-state index is 12.7. The van der Waals surface area contributed by atoms with Crippen molar-refractivity contribution in [2.75, 3.05) is 5.32 Å². The monoisotopic (exact) mass is 468 g/mol. The van der Waals surface area contributed by atoms with Gasteiger partial charge in [-0.15, -0.1) is 0 Å². The van der Waals surface area contributed by atoms with Gasteiger partial charge in [0.25, 0.3) is 11.6 Å². The Morgan fingerprint density at radius 2 is 1.37 bits per heavy atom. The van der Waals surface area contributed by atoms with Gasteiger partial charge in [-0.25, -0.2) is 4.79 Å². The summed E-state index contributed by atoms with van der Waals surface area (Å²) >= 11 is 0. The topological polar surface area (TPSA) is 108 Å². The molecule has 0 aliphatic rings. The van der Waals surface area contributed by atoms with Crippen molar-refractivity contribution in [3.05, 3.63) is 130 Å². The lowest BCUT2D eigenvalue weighted by Gasteiger charge is -2.11. The Morgan fingerprint density at radius 1 is 0.771 bits per heavy atom. The van der Waals surface area contributed by atoms with E-state index in [1.807, 2.05) is 6.07 Å². The van der Waals surface area contributed by atoms with Crippen LogP contribution in [0.2, 0.25) is 0 Å². The number of para-hydroxylation sites is 1. The lowest BCUT2D eigenvalue weighted by molar-refractivity contribution is -0.384. The van der Waals surface area contributed by atoms with Crippen molar-refractivity contribution in [2.24, 2.45) is 0 Å². The van der Waals surface area contributed by atoms with Gasteiger partial charge in [-0.2, -0.15) is 0 Å². The number of carbonyl (C=O) groups is 2. The van der Waals surface area contributed by atoms with Crippen LogP contribution in [0.25, 0.3) is 0 Å². The van der Waals surface area contributed by atoms with E-state index in [4.69, 9.17) is 9.47 Å². The summed E-state index contributed by atoms with van der Waals surface area (Å²) < 4.78 is 11.1. The fourth-order valence-corrected chi connectivity index (χ4v) is 3.21. The van der Waals surface area contributed by atoms with Crippen LogP contribution in [0, 0.1) is 10.1 Å². The van der Waals surface area contributed by atoms with E-state index in [0.717, 1.165) is 5.56 Å². The Hall–Kier alpha value is -4.98. The summed E-state index contributed by atoms with van der Waals surface area (Å²) in [6, 6.07) is 28.0. The average Bonchev–Trinajstić information content (AvgIpc) is 2.89. The first-order valence-corrected chi connectivity index (χ1v) is 10.6. The number of nitrogens with zero attached hydrogens (tertiary/aromatic N) is 1. The van der Waals surface area contributed by atoms with Gasteiger partial charge in [0.1, 0.15) is 18.1 Å². The van der Waals surface area contributed by atoms with E-state index in [0.29, 0.717) is 22.7 Å². The predicted octanol–water partition coefficient (Wildman–Crippen LogP) is 6.00. The minimum atomic E-state index is -0.569. The second-order valence-corrected chi connectivity index (χ2v) is 7.44. The van der Waals surface area contributed by atoms with E-state index in [2.05, 4.69) is 5.32 Å². The number of ether oxygens (including phenoxy) is 2. The second-order valence-electron chi connectivity index (χ2n) is 7.44. The molecule has 0 aliphatic carbocycles. The second kappa shape index (κ2) is 10.8. The van der Waals surface area contributed by atoms with Crippen LogP contribution in [-0.4, -0.2) is 16.8 Å². The van der Waals surface area contributed by atoms with Crippen LogP contribution in [0.1, 0.15) is 26.3 Å². The number of benzene rings is 4. The first-order chi connectivity index (χ1) is 17.0. The summed E-state index contributed by atoms with van der Waals surface area (Å²) in [7, 11) is 0. The first-order valence-electron chi connectivity index (χ1n) is 10.6. The summed E-state index contributed by atoms with van der Waals surface area (Å²) in [5.41, 5.74) is 1.80. The molecule has 0 unspecified atom stereocenters. The van der Waals surface area contributed by atoms with Crippen molar-refractivity contribution < 1.29 is 24.0 Å². The molecule has 1 N–H and O–H groups in total. The van der Waals surface area contributed by atoms with Crippen LogP contribution < -0.4 is 10.1 Å². The van der Waals surface area contributed by atoms with Gasteiger partial charge < -0.3 is 14.8 Å². The molecule has 0 aromatic heterocycles. The smallest absolute Gasteiger partial charge is 0.340 e. The number of non-ortho nitro benzene ring substituents is 1. The average molecular weight is 468 g/mol. The highest BCUT2D eigenvalue weighted by molar-refractivity contribution is 6.07. The van der Waals surface area contributed by atoms with Crippen LogP contribution in [-0.2, 0) is 11.3 Å². The highest BCUT2D eigenvalue weighted by Gasteiger charge is 2.15. The molecule has 0 bridgehead atoms. The summed E-state index contributed by atoms with van der Waals surface area (Å²) in [5.74, 6) is 0.0986. The van der Waals surface area contributed by atoms with E-state index in [9.17, 15) is 19.7 Å². The molecular formula is C27H20N2O6. The molecule has 35 heavy (non-hydrogen) atoms. The quantitative estimate of drug-likeness (QED) is 0.193. The maximum Gasteiger partial charge on any atom is 0.340 e. The third kappa shape index (κ3) is 6.08. The molecular weight excluding hydrogens is 448 g/mol. The predicted molar refractivity (Wildman–Crippen MR) is 130 cm³/mol. The molecule has 8 nitrogen and oxygen atoms in total. The molecule has 0 saturated carbocycles. The highest BCUT2D eigenvalue weighted by atomic mass is 16.6. The van der Waals surface area contributed by atoms with Crippen molar-refractivity contribution in [2.45, 2.75) is 6.61 Å². The third-order valence-electron chi connectivity index (χ3n) is 5.01. The molecule has 0 heterocycles. The van der Waals surface area contributed by atoms with E-state index in [1.165, 1.54) is 24.3 Å². The van der Waals surface area contributed by atoms with Crippen LogP contribution in [0.5, 0.6) is 11.5 Å². The Balaban J connectivity index is 1.35. The molecule has 0 aliphatic heterocycles. The number of esters is 1. The number of nitro benzene ring substituents is 1. The highest BCUT2D eigenvalue weighted by Crippen LogP contribution is 2.24. The van der Waals surface area contributed by atoms with Crippen molar-refractivity contribution in [1.82, 2.24) is 0 Å². The van der Waals surface area contributed by atoms with Crippen molar-refractivity contribution in [3.8, 4) is 11.5 Å². The number of hydrogen-bond donors (Lipinski definition) is 1. The van der Waals surface area contributed by atoms with E-state index in [-0.39, 0.29) is 23.8 Å². The number of hydrogen-bond acceptors (Lipinski definition) is 6. The molecule has 0 spiro atoms. The molecule has 4 aromatic carbocycles. The number of nitrogens with one attached hydrogen (secondary N) is 1. The largest absolute Gasteiger partial charge is 0.457 e. The maximum absolute atomic E-state index is 12.7. The van der Waals surface area contributed by atoms with Gasteiger partial charge in [0, 0.05) is 17.7 Å². The van der Waals surface area contributed by atoms with Crippen LogP contribution >= 0.6 is 0 Å². The van der Waals surface area contributed by atoms with Gasteiger partial charge in [0.15, 0.2) is 0 Å². The van der Waals surface area contributed by atoms with Gasteiger partial charge in [0.05, 0.1) is 16.2 Å². The fourth-order valence-electron chi connectivity index (χ4n) is 3.21. The summed E-state index contributed by atoms with van der Waals surface area (Å²) in [5, 5.41) is 13.5. The van der Waals surface area contributed by atoms with Gasteiger partial charge in [-0.3, -0.25) is 14.9 Å². The molecule has 0 atom stereocenters. The minimum Gasteiger partial charge on any atom is -0.457 e. The molecule has 8 heteroatoms. The Kier molecular flexibility index (Phi) is 7.13. The van der Waals surface area contributed by atoms with Gasteiger partial charge in [-0.05, 0) is 54.1 Å². The molecule has 0 saturated heterocycles. The van der Waals surface area contributed by atoms with Crippen LogP contribution in [0.3, 0.4) is 0 Å². The number of carbonyl (C=O) groups excluding carboxylic acids is 2. The third-order valence-corrected chi connectivity index (χ3v) is 5.01. The lowest BCUT2D eigenvalue weighted by atomic mass is 10.1. The Morgan fingerprint density at radius 3 is 2.03 bits per heavy atom. The Labute approximate surface area is 200 Å². The minimum absolute atomic E-state index is 0.0179. The zero-order valence-electron chi connectivity index (χ0n) is 18.4. The number of nitro groups is 1. The first kappa shape index (κ1) is 23.2. The summed E-state index contributed by atoms with van der Waals surface area (Å²) in [4.78, 5) is 35.4. The van der Waals surface area contributed by atoms with Crippen molar-refractivity contribution >= 4 is 23.3 Å². The molecule has 0 fully saturated rings. The number of amides is 1. The zero-order valence-corrected chi connectivity index (χ0v) is 18.4. The lowest BCUT2D eigenvalue weighted by Crippen LogP contribution is -2.15. The number of rotatable bonds is 8. The molecule has 4 aromatic rings. The van der Waals surface area contributed by atoms with Gasteiger partial charge >= 0.3 is 5.97 Å². The van der Waals surface area contributed by atoms with Crippen LogP contribution in [0.15, 0.2) is 103 Å². The van der Waals surface area contributed by atoms with E-state index < -0.39 is 10.9 Å². The molecule has 1 amide bonds. The molecule has 4 rings (SSSR count). The number of anilines is 1. The van der Waals surface area contributed by atoms with E-state index in [1.54, 1.807) is 72.8 Å². The van der Waals surface area contributed by atoms with E-state index >= 15 is 0 Å².